The maximum Gasteiger partial charge on any atom is 0.00296 e. The Balaban J connectivity index is 2.45. The van der Waals surface area contributed by atoms with Gasteiger partial charge in [-0.05, 0) is 24.7 Å². The third kappa shape index (κ3) is 2.36. The first-order chi connectivity index (χ1) is 4.88. The van der Waals surface area contributed by atoms with Crippen molar-refractivity contribution in [1.82, 2.24) is 0 Å². The minimum Gasteiger partial charge on any atom is -0.0882 e. The quantitative estimate of drug-likeness (QED) is 0.401. The monoisotopic (exact) mass is 362 g/mol. The Morgan fingerprint density at radius 1 is 1.00 bits per heavy atom. The van der Waals surface area contributed by atoms with Gasteiger partial charge in [0.1, 0.15) is 0 Å². The van der Waals surface area contributed by atoms with E-state index < -0.39 is 0 Å². The zero-order valence-corrected chi connectivity index (χ0v) is 10.2. The third-order valence-corrected chi connectivity index (χ3v) is 4.37. The Hall–Kier alpha value is 1.20. The Labute approximate surface area is 90.1 Å². The van der Waals surface area contributed by atoms with E-state index in [0.717, 1.165) is 11.8 Å². The Morgan fingerprint density at radius 3 is 1.70 bits per heavy atom. The second kappa shape index (κ2) is 4.95. The summed E-state index contributed by atoms with van der Waals surface area (Å²) in [7, 11) is 0. The summed E-state index contributed by atoms with van der Waals surface area (Å²) < 4.78 is 2.66. The minimum absolute atomic E-state index is 0.961. The minimum atomic E-state index is 0.961. The van der Waals surface area contributed by atoms with Crippen LogP contribution in [0.25, 0.3) is 0 Å². The van der Waals surface area contributed by atoms with E-state index in [9.17, 15) is 0 Å². The van der Waals surface area contributed by atoms with Gasteiger partial charge in [-0.3, -0.25) is 0 Å². The lowest BCUT2D eigenvalue weighted by Crippen LogP contribution is -2.18. The highest BCUT2D eigenvalue weighted by molar-refractivity contribution is 14.1. The molecule has 0 saturated carbocycles. The molecule has 0 N–H and O–H groups in total. The number of hydrogen-bond acceptors (Lipinski definition) is 0. The van der Waals surface area contributed by atoms with Crippen molar-refractivity contribution < 1.29 is 0 Å². The molecule has 0 saturated heterocycles. The molecule has 0 aliphatic heterocycles. The molecule has 2 heteroatoms. The number of hydrogen-bond donors (Lipinski definition) is 0. The van der Waals surface area contributed by atoms with Crippen LogP contribution in [-0.4, -0.2) is 8.86 Å². The Bertz CT molecular complexity index is 106. The number of alkyl halides is 2. The largest absolute Gasteiger partial charge is 0.0882 e. The van der Waals surface area contributed by atoms with Crippen molar-refractivity contribution in [3.05, 3.63) is 12.2 Å². The van der Waals surface area contributed by atoms with Crippen molar-refractivity contribution >= 4 is 45.2 Å². The molecule has 2 atom stereocenters. The molecule has 0 radical (unpaired) electrons. The van der Waals surface area contributed by atoms with Crippen molar-refractivity contribution in [3.8, 4) is 0 Å². The zero-order valence-electron chi connectivity index (χ0n) is 5.89. The van der Waals surface area contributed by atoms with Gasteiger partial charge in [-0.2, -0.15) is 0 Å². The van der Waals surface area contributed by atoms with E-state index in [0.29, 0.717) is 0 Å². The van der Waals surface area contributed by atoms with E-state index in [2.05, 4.69) is 57.3 Å². The summed E-state index contributed by atoms with van der Waals surface area (Å²) in [6.07, 6.45) is 7.31. The van der Waals surface area contributed by atoms with Crippen LogP contribution in [0.2, 0.25) is 0 Å². The Morgan fingerprint density at radius 2 is 1.40 bits per heavy atom. The molecule has 0 aromatic carbocycles. The molecule has 0 aromatic heterocycles. The van der Waals surface area contributed by atoms with Gasteiger partial charge in [-0.1, -0.05) is 57.3 Å². The van der Waals surface area contributed by atoms with Gasteiger partial charge in [0.2, 0.25) is 0 Å². The van der Waals surface area contributed by atoms with Gasteiger partial charge >= 0.3 is 0 Å². The first kappa shape index (κ1) is 9.29. The van der Waals surface area contributed by atoms with Crippen molar-refractivity contribution in [1.29, 1.82) is 0 Å². The summed E-state index contributed by atoms with van der Waals surface area (Å²) in [5, 5.41) is 0. The predicted molar refractivity (Wildman–Crippen MR) is 63.1 cm³/mol. The van der Waals surface area contributed by atoms with E-state index >= 15 is 0 Å². The molecule has 0 fully saturated rings. The van der Waals surface area contributed by atoms with Crippen molar-refractivity contribution in [3.63, 3.8) is 0 Å². The van der Waals surface area contributed by atoms with Crippen molar-refractivity contribution in [2.75, 3.05) is 8.86 Å². The Kier molecular flexibility index (Phi) is 4.60. The van der Waals surface area contributed by atoms with Crippen LogP contribution in [0.1, 0.15) is 12.8 Å². The molecule has 10 heavy (non-hydrogen) atoms. The molecular formula is C8H12I2. The smallest absolute Gasteiger partial charge is 0.00296 e. The molecule has 1 aliphatic rings. The summed E-state index contributed by atoms with van der Waals surface area (Å²) >= 11 is 5.02. The van der Waals surface area contributed by atoms with Gasteiger partial charge in [0.05, 0.1) is 0 Å². The molecule has 0 unspecified atom stereocenters. The highest BCUT2D eigenvalue weighted by Gasteiger charge is 2.19. The van der Waals surface area contributed by atoms with Gasteiger partial charge in [0.25, 0.3) is 0 Å². The molecule has 1 aliphatic carbocycles. The molecule has 58 valence electrons. The zero-order chi connectivity index (χ0) is 7.40. The maximum absolute atomic E-state index is 2.51. The van der Waals surface area contributed by atoms with Crippen LogP contribution in [0.15, 0.2) is 12.2 Å². The molecule has 0 spiro atoms. The van der Waals surface area contributed by atoms with E-state index in [-0.39, 0.29) is 0 Å². The van der Waals surface area contributed by atoms with Crippen molar-refractivity contribution in [2.45, 2.75) is 12.8 Å². The first-order valence-corrected chi connectivity index (χ1v) is 6.70. The molecule has 1 rings (SSSR count). The summed E-state index contributed by atoms with van der Waals surface area (Å²) in [4.78, 5) is 0. The fourth-order valence-corrected chi connectivity index (χ4v) is 3.46. The van der Waals surface area contributed by atoms with Crippen LogP contribution in [0.4, 0.5) is 0 Å². The lowest BCUT2D eigenvalue weighted by molar-refractivity contribution is 0.402. The maximum atomic E-state index is 2.51. The second-order valence-electron chi connectivity index (χ2n) is 2.77. The lowest BCUT2D eigenvalue weighted by atomic mass is 9.86. The molecule has 0 heterocycles. The van der Waals surface area contributed by atoms with Crippen LogP contribution in [0.3, 0.4) is 0 Å². The summed E-state index contributed by atoms with van der Waals surface area (Å²) in [5.41, 5.74) is 0. The lowest BCUT2D eigenvalue weighted by Gasteiger charge is -2.24. The highest BCUT2D eigenvalue weighted by Crippen LogP contribution is 2.28. The van der Waals surface area contributed by atoms with E-state index in [1.165, 1.54) is 21.7 Å². The topological polar surface area (TPSA) is 0 Å². The fraction of sp³-hybridized carbons (Fsp3) is 0.750. The number of rotatable bonds is 2. The predicted octanol–water partition coefficient (Wildman–Crippen LogP) is 3.44. The average molecular weight is 362 g/mol. The number of allylic oxidation sites excluding steroid dienone is 2. The molecule has 0 amide bonds. The summed E-state index contributed by atoms with van der Waals surface area (Å²) in [6, 6.07) is 0. The van der Waals surface area contributed by atoms with Crippen LogP contribution in [0.5, 0.6) is 0 Å². The average Bonchev–Trinajstić information content (AvgIpc) is 2.04. The van der Waals surface area contributed by atoms with Crippen LogP contribution >= 0.6 is 45.2 Å². The van der Waals surface area contributed by atoms with E-state index in [4.69, 9.17) is 0 Å². The van der Waals surface area contributed by atoms with Gasteiger partial charge in [-0.25, -0.2) is 0 Å². The molecule has 0 nitrogen and oxygen atoms in total. The van der Waals surface area contributed by atoms with Gasteiger partial charge < -0.3 is 0 Å². The standard InChI is InChI=1S/C8H12I2/c9-5-7-3-1-2-4-8(7)6-10/h1-2,7-8H,3-6H2/t7-,8+. The summed E-state index contributed by atoms with van der Waals surface area (Å²) in [5.74, 6) is 1.92. The van der Waals surface area contributed by atoms with Gasteiger partial charge in [-0.15, -0.1) is 0 Å². The van der Waals surface area contributed by atoms with Crippen LogP contribution in [-0.2, 0) is 0 Å². The SMILES string of the molecule is IC[C@@H]1CC=CC[C@@H]1CI. The van der Waals surface area contributed by atoms with Crippen LogP contribution < -0.4 is 0 Å². The van der Waals surface area contributed by atoms with E-state index in [1.807, 2.05) is 0 Å². The van der Waals surface area contributed by atoms with Crippen LogP contribution in [0, 0.1) is 11.8 Å². The van der Waals surface area contributed by atoms with E-state index in [1.54, 1.807) is 0 Å². The normalized spacial score (nSPS) is 32.6. The number of halogens is 2. The first-order valence-electron chi connectivity index (χ1n) is 3.65. The highest BCUT2D eigenvalue weighted by atomic mass is 127. The van der Waals surface area contributed by atoms with Gasteiger partial charge in [0, 0.05) is 8.86 Å². The molecule has 0 aromatic rings. The fourth-order valence-electron chi connectivity index (χ4n) is 1.30. The molecular weight excluding hydrogens is 350 g/mol. The molecule has 0 bridgehead atoms. The van der Waals surface area contributed by atoms with Gasteiger partial charge in [0.15, 0.2) is 0 Å². The third-order valence-electron chi connectivity index (χ3n) is 2.11. The second-order valence-corrected chi connectivity index (χ2v) is 4.53. The summed E-state index contributed by atoms with van der Waals surface area (Å²) in [6.45, 7) is 0. The van der Waals surface area contributed by atoms with Crippen molar-refractivity contribution in [2.24, 2.45) is 11.8 Å².